The molecule has 0 atom stereocenters. The molecule has 0 aromatic heterocycles. The monoisotopic (exact) mass is 250 g/mol. The molecule has 2 aliphatic rings. The number of hydrogen-bond donors (Lipinski definition) is 1. The van der Waals surface area contributed by atoms with Gasteiger partial charge in [-0.05, 0) is 55.2 Å². The first-order chi connectivity index (χ1) is 8.21. The summed E-state index contributed by atoms with van der Waals surface area (Å²) >= 11 is 6.07. The molecule has 0 unspecified atom stereocenters. The molecule has 2 fully saturated rings. The van der Waals surface area contributed by atoms with Gasteiger partial charge < -0.3 is 5.11 Å². The van der Waals surface area contributed by atoms with Crippen molar-refractivity contribution in [1.82, 2.24) is 0 Å². The first-order valence-electron chi connectivity index (χ1n) is 6.69. The lowest BCUT2D eigenvalue weighted by Crippen LogP contribution is -2.47. The summed E-state index contributed by atoms with van der Waals surface area (Å²) in [7, 11) is 0. The van der Waals surface area contributed by atoms with Crippen molar-refractivity contribution in [3.8, 4) is 0 Å². The van der Waals surface area contributed by atoms with Gasteiger partial charge in [0.25, 0.3) is 0 Å². The molecule has 0 heterocycles. The molecule has 1 aromatic carbocycles. The van der Waals surface area contributed by atoms with Crippen molar-refractivity contribution >= 4 is 11.6 Å². The largest absolute Gasteiger partial charge is 0.385 e. The Kier molecular flexibility index (Phi) is 2.92. The highest BCUT2D eigenvalue weighted by atomic mass is 35.5. The summed E-state index contributed by atoms with van der Waals surface area (Å²) < 4.78 is 0. The van der Waals surface area contributed by atoms with Gasteiger partial charge in [0.1, 0.15) is 0 Å². The Bertz CT molecular complexity index is 393. The van der Waals surface area contributed by atoms with Crippen LogP contribution in [0.25, 0.3) is 0 Å². The molecule has 0 radical (unpaired) electrons. The highest BCUT2D eigenvalue weighted by Crippen LogP contribution is 2.52. The van der Waals surface area contributed by atoms with Crippen LogP contribution >= 0.6 is 11.6 Å². The van der Waals surface area contributed by atoms with Crippen LogP contribution in [0.4, 0.5) is 0 Å². The minimum absolute atomic E-state index is 0.450. The molecule has 3 rings (SSSR count). The summed E-state index contributed by atoms with van der Waals surface area (Å²) in [6, 6.07) is 7.84. The fourth-order valence-corrected chi connectivity index (χ4v) is 3.43. The number of rotatable bonds is 3. The van der Waals surface area contributed by atoms with Crippen LogP contribution in [0.3, 0.4) is 0 Å². The van der Waals surface area contributed by atoms with E-state index >= 15 is 0 Å². The Morgan fingerprint density at radius 3 is 2.06 bits per heavy atom. The maximum Gasteiger partial charge on any atom is 0.0953 e. The van der Waals surface area contributed by atoms with E-state index in [2.05, 4.69) is 0 Å². The molecular formula is C15H19ClO. The highest BCUT2D eigenvalue weighted by molar-refractivity contribution is 6.30. The molecule has 2 heteroatoms. The molecule has 17 heavy (non-hydrogen) atoms. The molecule has 1 nitrogen and oxygen atoms in total. The first kappa shape index (κ1) is 11.6. The lowest BCUT2D eigenvalue weighted by atomic mass is 9.59. The van der Waals surface area contributed by atoms with Crippen molar-refractivity contribution in [3.05, 3.63) is 34.9 Å². The van der Waals surface area contributed by atoms with Gasteiger partial charge in [-0.1, -0.05) is 36.6 Å². The average molecular weight is 251 g/mol. The fourth-order valence-electron chi connectivity index (χ4n) is 3.24. The Hall–Kier alpha value is -0.530. The topological polar surface area (TPSA) is 20.2 Å². The Morgan fingerprint density at radius 2 is 1.65 bits per heavy atom. The van der Waals surface area contributed by atoms with E-state index in [-0.39, 0.29) is 0 Å². The van der Waals surface area contributed by atoms with Crippen molar-refractivity contribution in [2.45, 2.75) is 44.1 Å². The molecular weight excluding hydrogens is 232 g/mol. The van der Waals surface area contributed by atoms with Crippen LogP contribution in [0.1, 0.15) is 44.1 Å². The number of halogens is 1. The number of hydrogen-bond acceptors (Lipinski definition) is 1. The van der Waals surface area contributed by atoms with Crippen molar-refractivity contribution in [1.29, 1.82) is 0 Å². The van der Waals surface area contributed by atoms with E-state index in [0.29, 0.717) is 11.8 Å². The number of benzene rings is 1. The van der Waals surface area contributed by atoms with E-state index in [0.717, 1.165) is 10.6 Å². The molecule has 0 amide bonds. The van der Waals surface area contributed by atoms with Gasteiger partial charge in [0.05, 0.1) is 5.60 Å². The van der Waals surface area contributed by atoms with Gasteiger partial charge in [-0.2, -0.15) is 0 Å². The van der Waals surface area contributed by atoms with Gasteiger partial charge in [0.2, 0.25) is 0 Å². The Labute approximate surface area is 108 Å². The summed E-state index contributed by atoms with van der Waals surface area (Å²) in [6.45, 7) is 0. The molecule has 0 spiro atoms. The lowest BCUT2D eigenvalue weighted by molar-refractivity contribution is -0.126. The molecule has 0 bridgehead atoms. The van der Waals surface area contributed by atoms with Crippen molar-refractivity contribution < 1.29 is 5.11 Å². The van der Waals surface area contributed by atoms with Crippen LogP contribution < -0.4 is 0 Å². The highest BCUT2D eigenvalue weighted by Gasteiger charge is 2.49. The van der Waals surface area contributed by atoms with Crippen LogP contribution in [0.15, 0.2) is 24.3 Å². The lowest BCUT2D eigenvalue weighted by Gasteiger charge is -2.50. The zero-order valence-electron chi connectivity index (χ0n) is 10.0. The van der Waals surface area contributed by atoms with E-state index in [1.54, 1.807) is 0 Å². The van der Waals surface area contributed by atoms with Crippen molar-refractivity contribution in [3.63, 3.8) is 0 Å². The molecule has 2 saturated carbocycles. The molecule has 0 saturated heterocycles. The second kappa shape index (κ2) is 4.29. The zero-order chi connectivity index (χ0) is 11.9. The quantitative estimate of drug-likeness (QED) is 0.855. The molecule has 92 valence electrons. The van der Waals surface area contributed by atoms with E-state index in [9.17, 15) is 5.11 Å². The van der Waals surface area contributed by atoms with E-state index in [1.165, 1.54) is 38.5 Å². The van der Waals surface area contributed by atoms with Gasteiger partial charge in [-0.25, -0.2) is 0 Å². The summed E-state index contributed by atoms with van der Waals surface area (Å²) in [6.07, 6.45) is 7.19. The van der Waals surface area contributed by atoms with Gasteiger partial charge >= 0.3 is 0 Å². The van der Waals surface area contributed by atoms with Crippen LogP contribution in [-0.2, 0) is 5.60 Å². The first-order valence-corrected chi connectivity index (χ1v) is 7.07. The van der Waals surface area contributed by atoms with Crippen LogP contribution in [0.5, 0.6) is 0 Å². The third-order valence-electron chi connectivity index (χ3n) is 4.74. The van der Waals surface area contributed by atoms with E-state index in [1.807, 2.05) is 24.3 Å². The van der Waals surface area contributed by atoms with Crippen molar-refractivity contribution in [2.24, 2.45) is 11.8 Å². The standard InChI is InChI=1S/C15H19ClO/c16-14-9-3-8-13(10-14)15(17,11-4-1-5-11)12-6-2-7-12/h3,8-12,17H,1-2,4-7H2. The normalized spacial score (nSPS) is 22.0. The van der Waals surface area contributed by atoms with E-state index in [4.69, 9.17) is 11.6 Å². The Balaban J connectivity index is 1.97. The molecule has 1 aromatic rings. The summed E-state index contributed by atoms with van der Waals surface area (Å²) in [4.78, 5) is 0. The van der Waals surface area contributed by atoms with Crippen LogP contribution in [0, 0.1) is 11.8 Å². The Morgan fingerprint density at radius 1 is 1.06 bits per heavy atom. The second-order valence-corrected chi connectivity index (χ2v) is 6.03. The smallest absolute Gasteiger partial charge is 0.0953 e. The van der Waals surface area contributed by atoms with Crippen LogP contribution in [0.2, 0.25) is 5.02 Å². The van der Waals surface area contributed by atoms with Crippen molar-refractivity contribution in [2.75, 3.05) is 0 Å². The van der Waals surface area contributed by atoms with Gasteiger partial charge in [0, 0.05) is 5.02 Å². The molecule has 1 N–H and O–H groups in total. The third-order valence-corrected chi connectivity index (χ3v) is 4.98. The molecule has 2 aliphatic carbocycles. The fraction of sp³-hybridized carbons (Fsp3) is 0.600. The summed E-state index contributed by atoms with van der Waals surface area (Å²) in [5.41, 5.74) is 0.431. The maximum atomic E-state index is 11.2. The summed E-state index contributed by atoms with van der Waals surface area (Å²) in [5.74, 6) is 0.900. The van der Waals surface area contributed by atoms with Gasteiger partial charge in [-0.3, -0.25) is 0 Å². The SMILES string of the molecule is OC(c1cccc(Cl)c1)(C1CCC1)C1CCC1. The van der Waals surface area contributed by atoms with Gasteiger partial charge in [0.15, 0.2) is 0 Å². The second-order valence-electron chi connectivity index (χ2n) is 5.59. The van der Waals surface area contributed by atoms with Crippen LogP contribution in [-0.4, -0.2) is 5.11 Å². The average Bonchev–Trinajstić information content (AvgIpc) is 2.11. The summed E-state index contributed by atoms with van der Waals surface area (Å²) in [5, 5.41) is 11.9. The third kappa shape index (κ3) is 1.80. The minimum atomic E-state index is -0.610. The maximum absolute atomic E-state index is 11.2. The molecule has 0 aliphatic heterocycles. The van der Waals surface area contributed by atoms with Gasteiger partial charge in [-0.15, -0.1) is 0 Å². The number of aliphatic hydroxyl groups is 1. The minimum Gasteiger partial charge on any atom is -0.385 e. The van der Waals surface area contributed by atoms with E-state index < -0.39 is 5.60 Å². The predicted octanol–water partition coefficient (Wildman–Crippen LogP) is 4.13. The zero-order valence-corrected chi connectivity index (χ0v) is 10.8. The predicted molar refractivity (Wildman–Crippen MR) is 70.0 cm³/mol.